The zero-order valence-corrected chi connectivity index (χ0v) is 9.99. The first-order valence-corrected chi connectivity index (χ1v) is 5.59. The van der Waals surface area contributed by atoms with E-state index >= 15 is 0 Å². The molecule has 0 atom stereocenters. The molecule has 0 saturated carbocycles. The third-order valence-electron chi connectivity index (χ3n) is 2.39. The van der Waals surface area contributed by atoms with Crippen molar-refractivity contribution in [2.45, 2.75) is 26.2 Å². The molecule has 0 aliphatic carbocycles. The van der Waals surface area contributed by atoms with Gasteiger partial charge in [0.15, 0.2) is 0 Å². The van der Waals surface area contributed by atoms with E-state index < -0.39 is 0 Å². The van der Waals surface area contributed by atoms with Crippen molar-refractivity contribution >= 4 is 11.6 Å². The summed E-state index contributed by atoms with van der Waals surface area (Å²) in [5.74, 6) is 2.43. The standard InChI is InChI=1S/C13H17N3O/c1-3-4-5-6-7-15-13(17)12-8-11(14)9-16-10(12)2/h1,8-9H,4-7,14H2,2H3,(H,15,17). The molecule has 1 aromatic rings. The first-order chi connectivity index (χ1) is 8.15. The molecule has 0 radical (unpaired) electrons. The van der Waals surface area contributed by atoms with Gasteiger partial charge in [-0.25, -0.2) is 0 Å². The average Bonchev–Trinajstić information content (AvgIpc) is 2.32. The molecule has 0 unspecified atom stereocenters. The van der Waals surface area contributed by atoms with Gasteiger partial charge in [0.2, 0.25) is 0 Å². The molecule has 17 heavy (non-hydrogen) atoms. The van der Waals surface area contributed by atoms with E-state index in [0.717, 1.165) is 19.3 Å². The first-order valence-electron chi connectivity index (χ1n) is 5.59. The fourth-order valence-corrected chi connectivity index (χ4v) is 1.43. The van der Waals surface area contributed by atoms with Crippen LogP contribution in [0.2, 0.25) is 0 Å². The summed E-state index contributed by atoms with van der Waals surface area (Å²) in [5.41, 5.74) is 7.30. The van der Waals surface area contributed by atoms with Crippen LogP contribution in [0, 0.1) is 19.3 Å². The van der Waals surface area contributed by atoms with Crippen LogP contribution in [0.25, 0.3) is 0 Å². The van der Waals surface area contributed by atoms with Gasteiger partial charge < -0.3 is 11.1 Å². The number of hydrogen-bond acceptors (Lipinski definition) is 3. The van der Waals surface area contributed by atoms with E-state index in [-0.39, 0.29) is 5.91 Å². The van der Waals surface area contributed by atoms with Crippen molar-refractivity contribution in [2.75, 3.05) is 12.3 Å². The van der Waals surface area contributed by atoms with Gasteiger partial charge in [-0.3, -0.25) is 9.78 Å². The molecule has 0 saturated heterocycles. The molecule has 0 aromatic carbocycles. The van der Waals surface area contributed by atoms with E-state index in [1.54, 1.807) is 19.2 Å². The lowest BCUT2D eigenvalue weighted by molar-refractivity contribution is 0.0952. The van der Waals surface area contributed by atoms with Crippen molar-refractivity contribution in [3.05, 3.63) is 23.5 Å². The monoisotopic (exact) mass is 231 g/mol. The van der Waals surface area contributed by atoms with Crippen LogP contribution in [0.15, 0.2) is 12.3 Å². The molecule has 1 heterocycles. The maximum absolute atomic E-state index is 11.8. The third-order valence-corrected chi connectivity index (χ3v) is 2.39. The molecule has 0 spiro atoms. The highest BCUT2D eigenvalue weighted by Gasteiger charge is 2.09. The van der Waals surface area contributed by atoms with Gasteiger partial charge in [0, 0.05) is 13.0 Å². The number of nitrogen functional groups attached to an aromatic ring is 1. The number of carbonyl (C=O) groups excluding carboxylic acids is 1. The first kappa shape index (κ1) is 13.0. The summed E-state index contributed by atoms with van der Waals surface area (Å²) in [6.45, 7) is 2.40. The van der Waals surface area contributed by atoms with Gasteiger partial charge in [0.05, 0.1) is 23.1 Å². The number of rotatable bonds is 5. The van der Waals surface area contributed by atoms with Crippen LogP contribution in [0.4, 0.5) is 5.69 Å². The summed E-state index contributed by atoms with van der Waals surface area (Å²) >= 11 is 0. The zero-order chi connectivity index (χ0) is 12.7. The number of nitrogens with two attached hydrogens (primary N) is 1. The number of hydrogen-bond donors (Lipinski definition) is 2. The number of amides is 1. The predicted octanol–water partition coefficient (Wildman–Crippen LogP) is 1.51. The second-order valence-corrected chi connectivity index (χ2v) is 3.82. The SMILES string of the molecule is C#CCCCCNC(=O)c1cc(N)cnc1C. The van der Waals surface area contributed by atoms with E-state index in [9.17, 15) is 4.79 Å². The second kappa shape index (κ2) is 6.54. The summed E-state index contributed by atoms with van der Waals surface area (Å²) in [6, 6.07) is 1.64. The van der Waals surface area contributed by atoms with Crippen LogP contribution < -0.4 is 11.1 Å². The number of anilines is 1. The van der Waals surface area contributed by atoms with Crippen LogP contribution in [0.3, 0.4) is 0 Å². The maximum atomic E-state index is 11.8. The number of nitrogens with zero attached hydrogens (tertiary/aromatic N) is 1. The lowest BCUT2D eigenvalue weighted by Gasteiger charge is -2.07. The number of aromatic nitrogens is 1. The van der Waals surface area contributed by atoms with Crippen LogP contribution in [-0.2, 0) is 0 Å². The van der Waals surface area contributed by atoms with Crippen LogP contribution >= 0.6 is 0 Å². The lowest BCUT2D eigenvalue weighted by atomic mass is 10.1. The van der Waals surface area contributed by atoms with Crippen molar-refractivity contribution in [2.24, 2.45) is 0 Å². The Morgan fingerprint density at radius 2 is 2.35 bits per heavy atom. The Hall–Kier alpha value is -2.02. The van der Waals surface area contributed by atoms with Gasteiger partial charge in [-0.05, 0) is 25.8 Å². The Balaban J connectivity index is 2.47. The van der Waals surface area contributed by atoms with Crippen LogP contribution in [0.1, 0.15) is 35.3 Å². The van der Waals surface area contributed by atoms with Crippen molar-refractivity contribution in [3.8, 4) is 12.3 Å². The van der Waals surface area contributed by atoms with Gasteiger partial charge in [-0.15, -0.1) is 12.3 Å². The lowest BCUT2D eigenvalue weighted by Crippen LogP contribution is -2.25. The van der Waals surface area contributed by atoms with E-state index in [1.807, 2.05) is 0 Å². The molecule has 1 amide bonds. The van der Waals surface area contributed by atoms with Crippen molar-refractivity contribution in [1.29, 1.82) is 0 Å². The van der Waals surface area contributed by atoms with Gasteiger partial charge in [0.25, 0.3) is 5.91 Å². The van der Waals surface area contributed by atoms with E-state index in [2.05, 4.69) is 16.2 Å². The Kier molecular flexibility index (Phi) is 5.02. The summed E-state index contributed by atoms with van der Waals surface area (Å²) < 4.78 is 0. The Morgan fingerprint density at radius 3 is 3.06 bits per heavy atom. The molecule has 0 aliphatic rings. The summed E-state index contributed by atoms with van der Waals surface area (Å²) in [7, 11) is 0. The highest BCUT2D eigenvalue weighted by Crippen LogP contribution is 2.09. The predicted molar refractivity (Wildman–Crippen MR) is 68.4 cm³/mol. The average molecular weight is 231 g/mol. The Bertz CT molecular complexity index is 435. The Morgan fingerprint density at radius 1 is 1.59 bits per heavy atom. The van der Waals surface area contributed by atoms with Crippen LogP contribution in [-0.4, -0.2) is 17.4 Å². The third kappa shape index (κ3) is 4.15. The summed E-state index contributed by atoms with van der Waals surface area (Å²) in [4.78, 5) is 15.8. The number of unbranched alkanes of at least 4 members (excludes halogenated alkanes) is 2. The van der Waals surface area contributed by atoms with Gasteiger partial charge in [0.1, 0.15) is 0 Å². The molecular formula is C13H17N3O. The maximum Gasteiger partial charge on any atom is 0.253 e. The van der Waals surface area contributed by atoms with Crippen molar-refractivity contribution in [3.63, 3.8) is 0 Å². The van der Waals surface area contributed by atoms with E-state index in [4.69, 9.17) is 12.2 Å². The molecule has 0 bridgehead atoms. The number of nitrogens with one attached hydrogen (secondary N) is 1. The summed E-state index contributed by atoms with van der Waals surface area (Å²) in [6.07, 6.45) is 9.23. The largest absolute Gasteiger partial charge is 0.397 e. The van der Waals surface area contributed by atoms with Crippen LogP contribution in [0.5, 0.6) is 0 Å². The van der Waals surface area contributed by atoms with Crippen molar-refractivity contribution in [1.82, 2.24) is 10.3 Å². The highest BCUT2D eigenvalue weighted by molar-refractivity contribution is 5.95. The molecule has 1 aromatic heterocycles. The molecule has 0 aliphatic heterocycles. The smallest absolute Gasteiger partial charge is 0.253 e. The number of carbonyl (C=O) groups is 1. The van der Waals surface area contributed by atoms with Gasteiger partial charge in [-0.2, -0.15) is 0 Å². The highest BCUT2D eigenvalue weighted by atomic mass is 16.1. The number of pyridine rings is 1. The second-order valence-electron chi connectivity index (χ2n) is 3.82. The molecule has 3 N–H and O–H groups in total. The molecule has 4 nitrogen and oxygen atoms in total. The number of terminal acetylenes is 1. The van der Waals surface area contributed by atoms with Crippen molar-refractivity contribution < 1.29 is 4.79 Å². The topological polar surface area (TPSA) is 68.0 Å². The molecule has 90 valence electrons. The molecule has 0 fully saturated rings. The van der Waals surface area contributed by atoms with Gasteiger partial charge in [-0.1, -0.05) is 0 Å². The normalized spacial score (nSPS) is 9.65. The molecule has 4 heteroatoms. The van der Waals surface area contributed by atoms with Gasteiger partial charge >= 0.3 is 0 Å². The molecular weight excluding hydrogens is 214 g/mol. The minimum atomic E-state index is -0.136. The molecule has 1 rings (SSSR count). The zero-order valence-electron chi connectivity index (χ0n) is 9.99. The number of aryl methyl sites for hydroxylation is 1. The minimum Gasteiger partial charge on any atom is -0.397 e. The van der Waals surface area contributed by atoms with E-state index in [1.165, 1.54) is 0 Å². The fourth-order valence-electron chi connectivity index (χ4n) is 1.43. The van der Waals surface area contributed by atoms with E-state index in [0.29, 0.717) is 23.5 Å². The Labute approximate surface area is 102 Å². The minimum absolute atomic E-state index is 0.136. The quantitative estimate of drug-likeness (QED) is 0.596. The summed E-state index contributed by atoms with van der Waals surface area (Å²) in [5, 5.41) is 2.82. The fraction of sp³-hybridized carbons (Fsp3) is 0.385.